The maximum absolute atomic E-state index is 12.4. The third-order valence-corrected chi connectivity index (χ3v) is 4.05. The van der Waals surface area contributed by atoms with Crippen molar-refractivity contribution in [1.29, 1.82) is 0 Å². The molecule has 0 unspecified atom stereocenters. The molecule has 1 aromatic carbocycles. The van der Waals surface area contributed by atoms with E-state index in [9.17, 15) is 13.2 Å². The van der Waals surface area contributed by atoms with Gasteiger partial charge in [0.1, 0.15) is 0 Å². The average molecular weight is 314 g/mol. The quantitative estimate of drug-likeness (QED) is 0.760. The normalized spacial score (nSPS) is 11.4. The molecule has 0 fully saturated rings. The molecule has 0 aliphatic rings. The highest BCUT2D eigenvalue weighted by Gasteiger charge is 2.18. The minimum Gasteiger partial charge on any atom is -0.380 e. The first kappa shape index (κ1) is 17.6. The largest absolute Gasteiger partial charge is 0.380 e. The van der Waals surface area contributed by atoms with Crippen molar-refractivity contribution in [3.8, 4) is 0 Å². The van der Waals surface area contributed by atoms with E-state index in [4.69, 9.17) is 9.88 Å². The molecule has 7 heteroatoms. The van der Waals surface area contributed by atoms with Crippen LogP contribution in [-0.2, 0) is 21.2 Å². The standard InChI is InChI=1S/C14H22N2O4S/c1-4-11-6-7-12(21(15,18)19)10-13(11)14(17)16(3)8-9-20-5-2/h6-7,10H,4-5,8-9H2,1-3H3,(H2,15,18,19). The third-order valence-electron chi connectivity index (χ3n) is 3.14. The Kier molecular flexibility index (Phi) is 6.32. The SMILES string of the molecule is CCOCCN(C)C(=O)c1cc(S(N)(=O)=O)ccc1CC. The van der Waals surface area contributed by atoms with E-state index in [2.05, 4.69) is 0 Å². The lowest BCUT2D eigenvalue weighted by molar-refractivity contribution is 0.0708. The number of ether oxygens (including phenoxy) is 1. The van der Waals surface area contributed by atoms with Crippen molar-refractivity contribution in [2.24, 2.45) is 5.14 Å². The number of benzene rings is 1. The molecule has 2 N–H and O–H groups in total. The first-order valence-electron chi connectivity index (χ1n) is 6.80. The monoisotopic (exact) mass is 314 g/mol. The van der Waals surface area contributed by atoms with Crippen molar-refractivity contribution in [2.75, 3.05) is 26.8 Å². The lowest BCUT2D eigenvalue weighted by Crippen LogP contribution is -2.31. The molecule has 0 aromatic heterocycles. The maximum atomic E-state index is 12.4. The van der Waals surface area contributed by atoms with Gasteiger partial charge in [-0.25, -0.2) is 13.6 Å². The number of carbonyl (C=O) groups excluding carboxylic acids is 1. The summed E-state index contributed by atoms with van der Waals surface area (Å²) in [7, 11) is -2.17. The predicted octanol–water partition coefficient (Wildman–Crippen LogP) is 1.00. The van der Waals surface area contributed by atoms with Crippen LogP contribution in [0.2, 0.25) is 0 Å². The molecule has 0 saturated heterocycles. The molecule has 0 radical (unpaired) electrons. The van der Waals surface area contributed by atoms with Crippen LogP contribution in [0, 0.1) is 0 Å². The number of hydrogen-bond donors (Lipinski definition) is 1. The van der Waals surface area contributed by atoms with E-state index in [-0.39, 0.29) is 10.8 Å². The van der Waals surface area contributed by atoms with E-state index in [1.165, 1.54) is 17.0 Å². The Bertz CT molecular complexity index is 599. The van der Waals surface area contributed by atoms with Crippen LogP contribution in [0.4, 0.5) is 0 Å². The van der Waals surface area contributed by atoms with Gasteiger partial charge in [-0.15, -0.1) is 0 Å². The number of hydrogen-bond acceptors (Lipinski definition) is 4. The Morgan fingerprint density at radius 1 is 1.33 bits per heavy atom. The molecule has 0 aliphatic carbocycles. The highest BCUT2D eigenvalue weighted by Crippen LogP contribution is 2.17. The van der Waals surface area contributed by atoms with Crippen LogP contribution >= 0.6 is 0 Å². The van der Waals surface area contributed by atoms with Gasteiger partial charge in [0.25, 0.3) is 5.91 Å². The van der Waals surface area contributed by atoms with E-state index >= 15 is 0 Å². The summed E-state index contributed by atoms with van der Waals surface area (Å²) in [4.78, 5) is 13.9. The molecular weight excluding hydrogens is 292 g/mol. The molecule has 6 nitrogen and oxygen atoms in total. The predicted molar refractivity (Wildman–Crippen MR) is 80.6 cm³/mol. The molecular formula is C14H22N2O4S. The molecule has 1 rings (SSSR count). The van der Waals surface area contributed by atoms with Gasteiger partial charge in [-0.2, -0.15) is 0 Å². The topological polar surface area (TPSA) is 89.7 Å². The van der Waals surface area contributed by atoms with Crippen LogP contribution in [-0.4, -0.2) is 46.0 Å². The van der Waals surface area contributed by atoms with Crippen molar-refractivity contribution in [3.63, 3.8) is 0 Å². The second-order valence-electron chi connectivity index (χ2n) is 4.64. The van der Waals surface area contributed by atoms with Gasteiger partial charge in [-0.1, -0.05) is 13.0 Å². The Balaban J connectivity index is 3.06. The summed E-state index contributed by atoms with van der Waals surface area (Å²) in [5.74, 6) is -0.239. The van der Waals surface area contributed by atoms with Gasteiger partial charge in [0.05, 0.1) is 11.5 Å². The van der Waals surface area contributed by atoms with Crippen molar-refractivity contribution in [2.45, 2.75) is 25.2 Å². The molecule has 0 atom stereocenters. The number of primary sulfonamides is 1. The Morgan fingerprint density at radius 3 is 2.52 bits per heavy atom. The second kappa shape index (κ2) is 7.53. The molecule has 0 saturated carbocycles. The minimum absolute atomic E-state index is 0.0544. The van der Waals surface area contributed by atoms with Crippen molar-refractivity contribution < 1.29 is 17.9 Å². The molecule has 118 valence electrons. The van der Waals surface area contributed by atoms with E-state index in [1.54, 1.807) is 13.1 Å². The van der Waals surface area contributed by atoms with E-state index in [1.807, 2.05) is 13.8 Å². The number of likely N-dealkylation sites (N-methyl/N-ethyl adjacent to an activating group) is 1. The fraction of sp³-hybridized carbons (Fsp3) is 0.500. The smallest absolute Gasteiger partial charge is 0.253 e. The molecule has 1 amide bonds. The molecule has 0 aliphatic heterocycles. The second-order valence-corrected chi connectivity index (χ2v) is 6.20. The van der Waals surface area contributed by atoms with Crippen molar-refractivity contribution in [3.05, 3.63) is 29.3 Å². The number of nitrogens with two attached hydrogens (primary N) is 1. The molecule has 0 bridgehead atoms. The number of rotatable bonds is 7. The van der Waals surface area contributed by atoms with Crippen LogP contribution in [0.15, 0.2) is 23.1 Å². The lowest BCUT2D eigenvalue weighted by Gasteiger charge is -2.19. The summed E-state index contributed by atoms with van der Waals surface area (Å²) in [6.45, 7) is 5.25. The Labute approximate surface area is 125 Å². The van der Waals surface area contributed by atoms with Crippen LogP contribution in [0.5, 0.6) is 0 Å². The van der Waals surface area contributed by atoms with Crippen molar-refractivity contribution in [1.82, 2.24) is 4.90 Å². The molecule has 1 aromatic rings. The van der Waals surface area contributed by atoms with E-state index in [0.29, 0.717) is 31.7 Å². The Morgan fingerprint density at radius 2 is 2.00 bits per heavy atom. The van der Waals surface area contributed by atoms with Gasteiger partial charge in [-0.05, 0) is 31.0 Å². The van der Waals surface area contributed by atoms with E-state index in [0.717, 1.165) is 5.56 Å². The zero-order chi connectivity index (χ0) is 16.0. The number of sulfonamides is 1. The van der Waals surface area contributed by atoms with Crippen LogP contribution in [0.3, 0.4) is 0 Å². The van der Waals surface area contributed by atoms with Gasteiger partial charge in [0.15, 0.2) is 0 Å². The summed E-state index contributed by atoms with van der Waals surface area (Å²) in [5, 5.41) is 5.12. The van der Waals surface area contributed by atoms with Crippen molar-refractivity contribution >= 4 is 15.9 Å². The maximum Gasteiger partial charge on any atom is 0.253 e. The number of nitrogens with zero attached hydrogens (tertiary/aromatic N) is 1. The summed E-state index contributed by atoms with van der Waals surface area (Å²) in [5.41, 5.74) is 1.15. The van der Waals surface area contributed by atoms with Gasteiger partial charge < -0.3 is 9.64 Å². The van der Waals surface area contributed by atoms with Crippen LogP contribution in [0.1, 0.15) is 29.8 Å². The summed E-state index contributed by atoms with van der Waals surface area (Å²) >= 11 is 0. The van der Waals surface area contributed by atoms with Gasteiger partial charge in [0, 0.05) is 25.8 Å². The fourth-order valence-corrected chi connectivity index (χ4v) is 2.43. The first-order valence-corrected chi connectivity index (χ1v) is 8.34. The van der Waals surface area contributed by atoms with E-state index < -0.39 is 10.0 Å². The molecule has 21 heavy (non-hydrogen) atoms. The number of amides is 1. The summed E-state index contributed by atoms with van der Waals surface area (Å²) < 4.78 is 28.1. The highest BCUT2D eigenvalue weighted by atomic mass is 32.2. The molecule has 0 spiro atoms. The zero-order valence-corrected chi connectivity index (χ0v) is 13.4. The van der Waals surface area contributed by atoms with Crippen LogP contribution < -0.4 is 5.14 Å². The number of carbonyl (C=O) groups is 1. The molecule has 0 heterocycles. The summed E-state index contributed by atoms with van der Waals surface area (Å²) in [6.07, 6.45) is 0.630. The van der Waals surface area contributed by atoms with Gasteiger partial charge in [-0.3, -0.25) is 4.79 Å². The summed E-state index contributed by atoms with van der Waals surface area (Å²) in [6, 6.07) is 4.39. The lowest BCUT2D eigenvalue weighted by atomic mass is 10.0. The number of aryl methyl sites for hydroxylation is 1. The third kappa shape index (κ3) is 4.80. The zero-order valence-electron chi connectivity index (χ0n) is 12.6. The van der Waals surface area contributed by atoms with Crippen LogP contribution in [0.25, 0.3) is 0 Å². The van der Waals surface area contributed by atoms with Gasteiger partial charge in [0.2, 0.25) is 10.0 Å². The Hall–Kier alpha value is -1.44. The first-order chi connectivity index (χ1) is 9.81. The fourth-order valence-electron chi connectivity index (χ4n) is 1.89. The van der Waals surface area contributed by atoms with Gasteiger partial charge >= 0.3 is 0 Å². The highest BCUT2D eigenvalue weighted by molar-refractivity contribution is 7.89. The minimum atomic E-state index is -3.83. The average Bonchev–Trinajstić information content (AvgIpc) is 2.44.